The van der Waals surface area contributed by atoms with Gasteiger partial charge in [-0.05, 0) is 77.8 Å². The summed E-state index contributed by atoms with van der Waals surface area (Å²) < 4.78 is 39.6. The quantitative estimate of drug-likeness (QED) is 0.240. The lowest BCUT2D eigenvalue weighted by Gasteiger charge is -2.44. The highest BCUT2D eigenvalue weighted by atomic mass is 32.1. The van der Waals surface area contributed by atoms with Gasteiger partial charge in [-0.25, -0.2) is 15.0 Å². The predicted molar refractivity (Wildman–Crippen MR) is 144 cm³/mol. The Kier molecular flexibility index (Phi) is 7.09. The Hall–Kier alpha value is -3.90. The van der Waals surface area contributed by atoms with Crippen molar-refractivity contribution in [1.82, 2.24) is 19.9 Å². The van der Waals surface area contributed by atoms with Gasteiger partial charge in [0.25, 0.3) is 0 Å². The molecule has 1 saturated carbocycles. The Labute approximate surface area is 232 Å². The summed E-state index contributed by atoms with van der Waals surface area (Å²) in [7, 11) is 0. The number of alkyl halides is 3. The summed E-state index contributed by atoms with van der Waals surface area (Å²) in [5.41, 5.74) is -0.179. The third kappa shape index (κ3) is 5.68. The smallest absolute Gasteiger partial charge is 0.433 e. The van der Waals surface area contributed by atoms with Crippen LogP contribution in [0, 0.1) is 11.3 Å². The number of nitrogens with one attached hydrogen (secondary N) is 1. The van der Waals surface area contributed by atoms with E-state index in [1.807, 2.05) is 32.0 Å². The second-order valence-electron chi connectivity index (χ2n) is 10.6. The van der Waals surface area contributed by atoms with Gasteiger partial charge in [-0.1, -0.05) is 13.8 Å². The Morgan fingerprint density at radius 1 is 1.05 bits per heavy atom. The van der Waals surface area contributed by atoms with Crippen LogP contribution in [0.2, 0.25) is 0 Å². The monoisotopic (exact) mass is 569 g/mol. The van der Waals surface area contributed by atoms with Crippen molar-refractivity contribution >= 4 is 28.9 Å². The highest BCUT2D eigenvalue weighted by Gasteiger charge is 2.49. The van der Waals surface area contributed by atoms with E-state index in [0.717, 1.165) is 33.8 Å². The number of halogens is 3. The number of carbonyl (C=O) groups is 1. The lowest BCUT2D eigenvalue weighted by Crippen LogP contribution is -2.44. The zero-order valence-corrected chi connectivity index (χ0v) is 22.4. The van der Waals surface area contributed by atoms with Gasteiger partial charge in [0.2, 0.25) is 5.95 Å². The summed E-state index contributed by atoms with van der Waals surface area (Å²) in [6, 6.07) is 9.87. The lowest BCUT2D eigenvalue weighted by atomic mass is 9.63. The van der Waals surface area contributed by atoms with Gasteiger partial charge in [-0.2, -0.15) is 13.2 Å². The molecule has 5 rings (SSSR count). The van der Waals surface area contributed by atoms with Crippen molar-refractivity contribution < 1.29 is 28.2 Å². The molecular weight excluding hydrogens is 543 g/mol. The highest BCUT2D eigenvalue weighted by Crippen LogP contribution is 2.51. The number of aromatic nitrogens is 4. The largest absolute Gasteiger partial charge is 0.481 e. The number of aliphatic carboxylic acids is 1. The van der Waals surface area contributed by atoms with Gasteiger partial charge < -0.3 is 15.5 Å². The zero-order chi connectivity index (χ0) is 28.7. The van der Waals surface area contributed by atoms with E-state index in [1.165, 1.54) is 11.3 Å². The SMILES string of the molecule is CC1(C)C[C@](O)(c2ncc(-c3cc(Nc4nccc(C(F)(F)F)n4)cc(-c4ccncc4)c3)s2)CC[C@H]1C(=O)O. The number of hydrogen-bond donors (Lipinski definition) is 3. The van der Waals surface area contributed by atoms with Gasteiger partial charge in [0.1, 0.15) is 16.3 Å². The molecule has 3 N–H and O–H groups in total. The number of aliphatic hydroxyl groups is 1. The van der Waals surface area contributed by atoms with Crippen molar-refractivity contribution in [1.29, 1.82) is 0 Å². The van der Waals surface area contributed by atoms with Crippen molar-refractivity contribution in [3.05, 3.63) is 71.9 Å². The number of pyridine rings is 1. The summed E-state index contributed by atoms with van der Waals surface area (Å²) in [5, 5.41) is 24.5. The van der Waals surface area contributed by atoms with Crippen LogP contribution in [0.15, 0.2) is 61.2 Å². The molecule has 0 spiro atoms. The topological polar surface area (TPSA) is 121 Å². The van der Waals surface area contributed by atoms with E-state index in [1.54, 1.807) is 30.7 Å². The van der Waals surface area contributed by atoms with Gasteiger partial charge in [0.05, 0.1) is 10.8 Å². The van der Waals surface area contributed by atoms with Crippen molar-refractivity contribution in [2.75, 3.05) is 5.32 Å². The summed E-state index contributed by atoms with van der Waals surface area (Å²) >= 11 is 1.30. The molecule has 0 unspecified atom stereocenters. The minimum Gasteiger partial charge on any atom is -0.481 e. The summed E-state index contributed by atoms with van der Waals surface area (Å²) in [5.74, 6) is -1.63. The number of benzene rings is 1. The highest BCUT2D eigenvalue weighted by molar-refractivity contribution is 7.15. The number of thiazole rings is 1. The first-order valence-electron chi connectivity index (χ1n) is 12.5. The molecule has 1 aliphatic carbocycles. The van der Waals surface area contributed by atoms with Gasteiger partial charge >= 0.3 is 12.1 Å². The molecule has 208 valence electrons. The zero-order valence-electron chi connectivity index (χ0n) is 21.6. The number of carboxylic acids is 1. The van der Waals surface area contributed by atoms with E-state index < -0.39 is 34.8 Å². The normalized spacial score (nSPS) is 20.7. The van der Waals surface area contributed by atoms with Gasteiger partial charge in [-0.15, -0.1) is 11.3 Å². The Balaban J connectivity index is 1.51. The van der Waals surface area contributed by atoms with Crippen LogP contribution in [0.4, 0.5) is 24.8 Å². The lowest BCUT2D eigenvalue weighted by molar-refractivity contribution is -0.154. The molecule has 8 nitrogen and oxygen atoms in total. The molecule has 0 radical (unpaired) electrons. The van der Waals surface area contributed by atoms with Gasteiger partial charge in [-0.3, -0.25) is 9.78 Å². The molecular formula is C28H26F3N5O3S. The average molecular weight is 570 g/mol. The maximum atomic E-state index is 13.2. The van der Waals surface area contributed by atoms with Crippen LogP contribution in [0.5, 0.6) is 0 Å². The first-order valence-corrected chi connectivity index (χ1v) is 13.3. The minimum absolute atomic E-state index is 0.204. The Morgan fingerprint density at radius 2 is 1.77 bits per heavy atom. The fourth-order valence-corrected chi connectivity index (χ4v) is 6.28. The summed E-state index contributed by atoms with van der Waals surface area (Å²) in [4.78, 5) is 28.6. The van der Waals surface area contributed by atoms with E-state index in [4.69, 9.17) is 0 Å². The predicted octanol–water partition coefficient (Wildman–Crippen LogP) is 6.52. The van der Waals surface area contributed by atoms with Gasteiger partial charge in [0, 0.05) is 30.5 Å². The van der Waals surface area contributed by atoms with Crippen molar-refractivity contribution in [3.8, 4) is 21.6 Å². The molecule has 12 heteroatoms. The van der Waals surface area contributed by atoms with Crippen LogP contribution in [-0.4, -0.2) is 36.1 Å². The average Bonchev–Trinajstić information content (AvgIpc) is 3.40. The molecule has 3 heterocycles. The Bertz CT molecular complexity index is 1540. The van der Waals surface area contributed by atoms with E-state index in [0.29, 0.717) is 17.1 Å². The van der Waals surface area contributed by atoms with E-state index in [2.05, 4.69) is 25.3 Å². The number of nitrogens with zero attached hydrogens (tertiary/aromatic N) is 4. The summed E-state index contributed by atoms with van der Waals surface area (Å²) in [6.45, 7) is 3.69. The Morgan fingerprint density at radius 3 is 2.45 bits per heavy atom. The van der Waals surface area contributed by atoms with Crippen LogP contribution < -0.4 is 5.32 Å². The van der Waals surface area contributed by atoms with Crippen LogP contribution in [0.3, 0.4) is 0 Å². The number of anilines is 2. The molecule has 0 amide bonds. The fraction of sp³-hybridized carbons (Fsp3) is 0.321. The van der Waals surface area contributed by atoms with E-state index in [-0.39, 0.29) is 18.8 Å². The van der Waals surface area contributed by atoms with Crippen molar-refractivity contribution in [3.63, 3.8) is 0 Å². The first-order chi connectivity index (χ1) is 18.8. The number of hydrogen-bond acceptors (Lipinski definition) is 8. The van der Waals surface area contributed by atoms with E-state index >= 15 is 0 Å². The third-order valence-electron chi connectivity index (χ3n) is 7.17. The standard InChI is InChI=1S/C28H26F3N5O3S/c1-26(2)15-27(39,7-3-20(26)23(37)38)24-34-14-21(40-24)18-11-17(16-4-8-32-9-5-16)12-19(13-18)35-25-33-10-6-22(36-25)28(29,30)31/h4-6,8-14,20,39H,3,7,15H2,1-2H3,(H,37,38)(H,33,35,36)/t20-,27-/m0/s1. The maximum Gasteiger partial charge on any atom is 0.433 e. The molecule has 4 aromatic rings. The van der Waals surface area contributed by atoms with Gasteiger partial charge in [0.15, 0.2) is 0 Å². The molecule has 3 aromatic heterocycles. The van der Waals surface area contributed by atoms with Crippen LogP contribution in [0.25, 0.3) is 21.6 Å². The van der Waals surface area contributed by atoms with Crippen LogP contribution in [-0.2, 0) is 16.6 Å². The second kappa shape index (κ2) is 10.3. The molecule has 40 heavy (non-hydrogen) atoms. The molecule has 2 atom stereocenters. The third-order valence-corrected chi connectivity index (χ3v) is 8.41. The second-order valence-corrected chi connectivity index (χ2v) is 11.6. The molecule has 1 aliphatic rings. The van der Waals surface area contributed by atoms with Crippen molar-refractivity contribution in [2.45, 2.75) is 44.9 Å². The van der Waals surface area contributed by atoms with E-state index in [9.17, 15) is 28.2 Å². The number of carboxylic acid groups (broad SMARTS) is 1. The van der Waals surface area contributed by atoms with Crippen LogP contribution in [0.1, 0.15) is 43.8 Å². The molecule has 1 aromatic carbocycles. The first kappa shape index (κ1) is 27.7. The number of rotatable bonds is 6. The summed E-state index contributed by atoms with van der Waals surface area (Å²) in [6.07, 6.45) is 2.21. The van der Waals surface area contributed by atoms with Crippen LogP contribution >= 0.6 is 11.3 Å². The van der Waals surface area contributed by atoms with Crippen molar-refractivity contribution in [2.24, 2.45) is 11.3 Å². The minimum atomic E-state index is -4.61. The fourth-order valence-electron chi connectivity index (χ4n) is 5.26. The molecule has 0 aliphatic heterocycles. The maximum absolute atomic E-state index is 13.2. The molecule has 1 fully saturated rings. The molecule has 0 bridgehead atoms. The molecule has 0 saturated heterocycles.